The molecular weight excluding hydrogens is 206 g/mol. The van der Waals surface area contributed by atoms with Crippen molar-refractivity contribution < 1.29 is 0 Å². The lowest BCUT2D eigenvalue weighted by Gasteiger charge is -2.21. The van der Waals surface area contributed by atoms with Gasteiger partial charge in [0.25, 0.3) is 0 Å². The summed E-state index contributed by atoms with van der Waals surface area (Å²) in [6.07, 6.45) is 2.40. The number of nitrogens with one attached hydrogen (secondary N) is 1. The molecule has 0 amide bonds. The van der Waals surface area contributed by atoms with E-state index in [2.05, 4.69) is 64.2 Å². The molecule has 0 heterocycles. The molecule has 0 spiro atoms. The molecule has 96 valence electrons. The van der Waals surface area contributed by atoms with E-state index in [0.717, 1.165) is 0 Å². The molecule has 0 fully saturated rings. The lowest BCUT2D eigenvalue weighted by Crippen LogP contribution is -2.30. The van der Waals surface area contributed by atoms with E-state index >= 15 is 0 Å². The summed E-state index contributed by atoms with van der Waals surface area (Å²) < 4.78 is 0. The van der Waals surface area contributed by atoms with Gasteiger partial charge in [0.2, 0.25) is 0 Å². The monoisotopic (exact) mass is 233 g/mol. The van der Waals surface area contributed by atoms with Gasteiger partial charge in [-0.05, 0) is 36.8 Å². The summed E-state index contributed by atoms with van der Waals surface area (Å²) in [6.45, 7) is 11.2. The summed E-state index contributed by atoms with van der Waals surface area (Å²) in [4.78, 5) is 0. The summed E-state index contributed by atoms with van der Waals surface area (Å²) in [6, 6.07) is 10.1. The Hall–Kier alpha value is -0.820. The van der Waals surface area contributed by atoms with Crippen LogP contribution in [0.4, 0.5) is 0 Å². The van der Waals surface area contributed by atoms with Crippen LogP contribution < -0.4 is 5.32 Å². The minimum Gasteiger partial charge on any atom is -0.307 e. The standard InChI is InChI=1S/C16H27N/c1-6-16(7-2)17-13(5)15-10-8-14(9-11-15)12(3)4/h8-13,16-17H,6-7H2,1-5H3. The first-order valence-corrected chi connectivity index (χ1v) is 6.94. The van der Waals surface area contributed by atoms with Crippen molar-refractivity contribution in [3.05, 3.63) is 35.4 Å². The zero-order chi connectivity index (χ0) is 12.8. The quantitative estimate of drug-likeness (QED) is 0.754. The van der Waals surface area contributed by atoms with Crippen molar-refractivity contribution in [3.8, 4) is 0 Å². The van der Waals surface area contributed by atoms with Gasteiger partial charge in [-0.15, -0.1) is 0 Å². The van der Waals surface area contributed by atoms with Crippen LogP contribution in [0, 0.1) is 0 Å². The van der Waals surface area contributed by atoms with E-state index in [9.17, 15) is 0 Å². The maximum absolute atomic E-state index is 3.68. The Bertz CT molecular complexity index is 309. The third-order valence-electron chi connectivity index (χ3n) is 3.57. The van der Waals surface area contributed by atoms with Crippen molar-refractivity contribution in [1.29, 1.82) is 0 Å². The lowest BCUT2D eigenvalue weighted by atomic mass is 9.99. The van der Waals surface area contributed by atoms with Crippen LogP contribution in [-0.2, 0) is 0 Å². The molecule has 1 rings (SSSR count). The first kappa shape index (κ1) is 14.2. The zero-order valence-corrected chi connectivity index (χ0v) is 12.0. The van der Waals surface area contributed by atoms with Crippen molar-refractivity contribution in [2.75, 3.05) is 0 Å². The Morgan fingerprint density at radius 2 is 1.35 bits per heavy atom. The average molecular weight is 233 g/mol. The maximum atomic E-state index is 3.68. The van der Waals surface area contributed by atoms with Crippen molar-refractivity contribution in [2.45, 2.75) is 65.5 Å². The van der Waals surface area contributed by atoms with E-state index in [1.54, 1.807) is 0 Å². The minimum absolute atomic E-state index is 0.445. The third kappa shape index (κ3) is 4.16. The summed E-state index contributed by atoms with van der Waals surface area (Å²) in [5, 5.41) is 3.68. The van der Waals surface area contributed by atoms with E-state index in [-0.39, 0.29) is 0 Å². The van der Waals surface area contributed by atoms with Gasteiger partial charge in [-0.25, -0.2) is 0 Å². The Balaban J connectivity index is 2.66. The highest BCUT2D eigenvalue weighted by Gasteiger charge is 2.10. The molecule has 0 bridgehead atoms. The second kappa shape index (κ2) is 6.80. The molecule has 0 saturated heterocycles. The summed E-state index contributed by atoms with van der Waals surface area (Å²) in [7, 11) is 0. The molecule has 0 aromatic heterocycles. The molecule has 1 unspecified atom stereocenters. The van der Waals surface area contributed by atoms with Crippen LogP contribution in [0.1, 0.15) is 70.5 Å². The van der Waals surface area contributed by atoms with Gasteiger partial charge in [0.1, 0.15) is 0 Å². The van der Waals surface area contributed by atoms with Gasteiger partial charge >= 0.3 is 0 Å². The maximum Gasteiger partial charge on any atom is 0.0294 e. The number of hydrogen-bond donors (Lipinski definition) is 1. The molecular formula is C16H27N. The summed E-state index contributed by atoms with van der Waals surface area (Å²) >= 11 is 0. The summed E-state index contributed by atoms with van der Waals surface area (Å²) in [5.41, 5.74) is 2.81. The fourth-order valence-corrected chi connectivity index (χ4v) is 2.14. The molecule has 1 heteroatoms. The highest BCUT2D eigenvalue weighted by molar-refractivity contribution is 5.26. The smallest absolute Gasteiger partial charge is 0.0294 e. The van der Waals surface area contributed by atoms with Crippen LogP contribution in [0.5, 0.6) is 0 Å². The largest absolute Gasteiger partial charge is 0.307 e. The fourth-order valence-electron chi connectivity index (χ4n) is 2.14. The van der Waals surface area contributed by atoms with Gasteiger partial charge in [-0.2, -0.15) is 0 Å². The average Bonchev–Trinajstić information content (AvgIpc) is 2.35. The van der Waals surface area contributed by atoms with Crippen molar-refractivity contribution in [2.24, 2.45) is 0 Å². The van der Waals surface area contributed by atoms with Gasteiger partial charge in [0.15, 0.2) is 0 Å². The van der Waals surface area contributed by atoms with Gasteiger partial charge in [0.05, 0.1) is 0 Å². The molecule has 1 aromatic rings. The van der Waals surface area contributed by atoms with Crippen molar-refractivity contribution in [3.63, 3.8) is 0 Å². The van der Waals surface area contributed by atoms with Gasteiger partial charge < -0.3 is 5.32 Å². The summed E-state index contributed by atoms with van der Waals surface area (Å²) in [5.74, 6) is 0.617. The Labute approximate surface area is 107 Å². The highest BCUT2D eigenvalue weighted by Crippen LogP contribution is 2.19. The Morgan fingerprint density at radius 1 is 0.882 bits per heavy atom. The van der Waals surface area contributed by atoms with E-state index in [4.69, 9.17) is 0 Å². The first-order chi connectivity index (χ1) is 8.08. The van der Waals surface area contributed by atoms with Crippen LogP contribution in [0.2, 0.25) is 0 Å². The lowest BCUT2D eigenvalue weighted by molar-refractivity contribution is 0.432. The van der Waals surface area contributed by atoms with E-state index in [1.165, 1.54) is 24.0 Å². The van der Waals surface area contributed by atoms with E-state index in [0.29, 0.717) is 18.0 Å². The molecule has 0 aliphatic carbocycles. The molecule has 1 N–H and O–H groups in total. The molecule has 1 aromatic carbocycles. The predicted octanol–water partition coefficient (Wildman–Crippen LogP) is 4.65. The van der Waals surface area contributed by atoms with Crippen LogP contribution in [-0.4, -0.2) is 6.04 Å². The molecule has 1 atom stereocenters. The second-order valence-electron chi connectivity index (χ2n) is 5.22. The molecule has 1 nitrogen and oxygen atoms in total. The number of rotatable bonds is 6. The molecule has 0 aliphatic heterocycles. The third-order valence-corrected chi connectivity index (χ3v) is 3.57. The number of benzene rings is 1. The Kier molecular flexibility index (Phi) is 5.70. The minimum atomic E-state index is 0.445. The topological polar surface area (TPSA) is 12.0 Å². The molecule has 17 heavy (non-hydrogen) atoms. The van der Waals surface area contributed by atoms with E-state index in [1.807, 2.05) is 0 Å². The SMILES string of the molecule is CCC(CC)NC(C)c1ccc(C(C)C)cc1. The molecule has 0 saturated carbocycles. The molecule has 0 radical (unpaired) electrons. The van der Waals surface area contributed by atoms with Crippen LogP contribution in [0.3, 0.4) is 0 Å². The van der Waals surface area contributed by atoms with Crippen LogP contribution in [0.15, 0.2) is 24.3 Å². The normalized spacial score (nSPS) is 13.4. The highest BCUT2D eigenvalue weighted by atomic mass is 14.9. The van der Waals surface area contributed by atoms with Crippen molar-refractivity contribution >= 4 is 0 Å². The van der Waals surface area contributed by atoms with Crippen LogP contribution >= 0.6 is 0 Å². The van der Waals surface area contributed by atoms with E-state index < -0.39 is 0 Å². The molecule has 0 aliphatic rings. The fraction of sp³-hybridized carbons (Fsp3) is 0.625. The first-order valence-electron chi connectivity index (χ1n) is 6.94. The van der Waals surface area contributed by atoms with Gasteiger partial charge in [-0.1, -0.05) is 52.0 Å². The van der Waals surface area contributed by atoms with Gasteiger partial charge in [0, 0.05) is 12.1 Å². The van der Waals surface area contributed by atoms with Gasteiger partial charge in [-0.3, -0.25) is 0 Å². The van der Waals surface area contributed by atoms with Crippen LogP contribution in [0.25, 0.3) is 0 Å². The Morgan fingerprint density at radius 3 is 1.76 bits per heavy atom. The number of hydrogen-bond acceptors (Lipinski definition) is 1. The second-order valence-corrected chi connectivity index (χ2v) is 5.22. The predicted molar refractivity (Wildman–Crippen MR) is 76.5 cm³/mol. The zero-order valence-electron chi connectivity index (χ0n) is 12.0. The van der Waals surface area contributed by atoms with Crippen molar-refractivity contribution in [1.82, 2.24) is 5.32 Å².